The lowest BCUT2D eigenvalue weighted by atomic mass is 10.2. The van der Waals surface area contributed by atoms with Crippen LogP contribution in [0.3, 0.4) is 0 Å². The lowest BCUT2D eigenvalue weighted by molar-refractivity contribution is -0.139. The molecule has 8 heteroatoms. The molecule has 0 saturated carbocycles. The molecule has 1 aromatic carbocycles. The molecular weight excluding hydrogens is 262 g/mol. The first kappa shape index (κ1) is 13.8. The van der Waals surface area contributed by atoms with Crippen LogP contribution in [-0.4, -0.2) is 14.2 Å². The van der Waals surface area contributed by atoms with E-state index in [1.165, 1.54) is 6.92 Å². The van der Waals surface area contributed by atoms with Crippen LogP contribution >= 0.6 is 0 Å². The van der Waals surface area contributed by atoms with E-state index in [0.29, 0.717) is 12.1 Å². The first-order valence-corrected chi connectivity index (χ1v) is 6.18. The van der Waals surface area contributed by atoms with Crippen molar-refractivity contribution in [1.82, 2.24) is 0 Å². The predicted molar refractivity (Wildman–Crippen MR) is 54.5 cm³/mol. The number of sulfonamides is 1. The number of nitrogens with one attached hydrogen (secondary N) is 1. The van der Waals surface area contributed by atoms with Gasteiger partial charge in [0.2, 0.25) is 10.0 Å². The highest BCUT2D eigenvalue weighted by atomic mass is 32.2. The van der Waals surface area contributed by atoms with Gasteiger partial charge in [-0.15, -0.1) is 0 Å². The lowest BCUT2D eigenvalue weighted by Crippen LogP contribution is -2.16. The third-order valence-electron chi connectivity index (χ3n) is 1.93. The van der Waals surface area contributed by atoms with Gasteiger partial charge in [0, 0.05) is 5.69 Å². The van der Waals surface area contributed by atoms with Crippen LogP contribution in [0, 0.1) is 5.82 Å². The lowest BCUT2D eigenvalue weighted by Gasteiger charge is -2.11. The van der Waals surface area contributed by atoms with Gasteiger partial charge >= 0.3 is 6.18 Å². The number of anilines is 1. The Bertz CT molecular complexity index is 510. The van der Waals surface area contributed by atoms with Crippen molar-refractivity contribution in [3.63, 3.8) is 0 Å². The smallest absolute Gasteiger partial charge is 0.284 e. The number of halogens is 4. The molecule has 0 bridgehead atoms. The van der Waals surface area contributed by atoms with Gasteiger partial charge in [-0.05, 0) is 25.1 Å². The molecule has 0 saturated heterocycles. The molecule has 17 heavy (non-hydrogen) atoms. The van der Waals surface area contributed by atoms with E-state index in [2.05, 4.69) is 0 Å². The van der Waals surface area contributed by atoms with E-state index >= 15 is 0 Å². The maximum absolute atomic E-state index is 12.9. The normalized spacial score (nSPS) is 12.5. The first-order valence-electron chi connectivity index (χ1n) is 4.53. The summed E-state index contributed by atoms with van der Waals surface area (Å²) in [4.78, 5) is 0. The van der Waals surface area contributed by atoms with Crippen molar-refractivity contribution in [2.24, 2.45) is 0 Å². The minimum Gasteiger partial charge on any atom is -0.284 e. The summed E-state index contributed by atoms with van der Waals surface area (Å²) in [7, 11) is -3.69. The van der Waals surface area contributed by atoms with E-state index < -0.39 is 27.6 Å². The molecule has 0 spiro atoms. The van der Waals surface area contributed by atoms with Crippen molar-refractivity contribution in [2.45, 2.75) is 13.1 Å². The Morgan fingerprint density at radius 1 is 1.29 bits per heavy atom. The highest BCUT2D eigenvalue weighted by molar-refractivity contribution is 7.92. The van der Waals surface area contributed by atoms with Crippen molar-refractivity contribution >= 4 is 15.7 Å². The molecule has 1 aromatic rings. The van der Waals surface area contributed by atoms with Crippen LogP contribution in [0.15, 0.2) is 18.2 Å². The van der Waals surface area contributed by atoms with Gasteiger partial charge in [0.25, 0.3) is 0 Å². The van der Waals surface area contributed by atoms with Gasteiger partial charge in [-0.2, -0.15) is 13.2 Å². The van der Waals surface area contributed by atoms with Crippen molar-refractivity contribution < 1.29 is 26.0 Å². The third-order valence-corrected chi connectivity index (χ3v) is 3.23. The summed E-state index contributed by atoms with van der Waals surface area (Å²) in [6.45, 7) is 1.33. The molecule has 3 nitrogen and oxygen atoms in total. The highest BCUT2D eigenvalue weighted by Crippen LogP contribution is 2.33. The Morgan fingerprint density at radius 3 is 2.35 bits per heavy atom. The maximum atomic E-state index is 12.9. The second kappa shape index (κ2) is 4.52. The van der Waals surface area contributed by atoms with E-state index in [1.54, 1.807) is 0 Å². The fourth-order valence-corrected chi connectivity index (χ4v) is 1.69. The fourth-order valence-electron chi connectivity index (χ4n) is 1.06. The van der Waals surface area contributed by atoms with Crippen LogP contribution in [0.1, 0.15) is 12.5 Å². The monoisotopic (exact) mass is 271 g/mol. The summed E-state index contributed by atoms with van der Waals surface area (Å²) in [5.74, 6) is -1.73. The molecule has 0 fully saturated rings. The molecule has 0 radical (unpaired) electrons. The van der Waals surface area contributed by atoms with Crippen LogP contribution in [-0.2, 0) is 16.2 Å². The summed E-state index contributed by atoms with van der Waals surface area (Å²) < 4.78 is 74.0. The van der Waals surface area contributed by atoms with Gasteiger partial charge in [-0.1, -0.05) is 0 Å². The number of hydrogen-bond donors (Lipinski definition) is 1. The zero-order valence-electron chi connectivity index (χ0n) is 8.68. The molecule has 96 valence electrons. The van der Waals surface area contributed by atoms with E-state index in [9.17, 15) is 26.0 Å². The largest absolute Gasteiger partial charge is 0.419 e. The van der Waals surface area contributed by atoms with Gasteiger partial charge < -0.3 is 0 Å². The van der Waals surface area contributed by atoms with E-state index in [4.69, 9.17) is 0 Å². The van der Waals surface area contributed by atoms with Gasteiger partial charge in [0.05, 0.1) is 11.3 Å². The Labute approximate surface area is 95.5 Å². The van der Waals surface area contributed by atoms with Crippen molar-refractivity contribution in [1.29, 1.82) is 0 Å². The zero-order valence-corrected chi connectivity index (χ0v) is 9.49. The first-order chi connectivity index (χ1) is 7.65. The molecule has 0 unspecified atom stereocenters. The molecular formula is C9H9F4NO2S. The summed E-state index contributed by atoms with van der Waals surface area (Å²) in [6, 6.07) is 1.91. The second-order valence-electron chi connectivity index (χ2n) is 3.20. The van der Waals surface area contributed by atoms with Crippen LogP contribution < -0.4 is 4.72 Å². The van der Waals surface area contributed by atoms with Crippen LogP contribution in [0.25, 0.3) is 0 Å². The summed E-state index contributed by atoms with van der Waals surface area (Å²) in [5, 5.41) is 0. The Balaban J connectivity index is 3.14. The highest BCUT2D eigenvalue weighted by Gasteiger charge is 2.34. The molecule has 0 heterocycles. The zero-order chi connectivity index (χ0) is 13.3. The Kier molecular flexibility index (Phi) is 3.65. The number of rotatable bonds is 3. The predicted octanol–water partition coefficient (Wildman–Crippen LogP) is 2.61. The van der Waals surface area contributed by atoms with Crippen molar-refractivity contribution in [3.05, 3.63) is 29.6 Å². The van der Waals surface area contributed by atoms with E-state index in [0.717, 1.165) is 6.07 Å². The molecule has 0 aliphatic heterocycles. The third kappa shape index (κ3) is 3.58. The van der Waals surface area contributed by atoms with Gasteiger partial charge in [0.15, 0.2) is 0 Å². The quantitative estimate of drug-likeness (QED) is 0.859. The summed E-state index contributed by atoms with van der Waals surface area (Å²) >= 11 is 0. The van der Waals surface area contributed by atoms with E-state index in [-0.39, 0.29) is 11.4 Å². The minimum atomic E-state index is -4.86. The molecule has 0 amide bonds. The number of hydrogen-bond acceptors (Lipinski definition) is 2. The van der Waals surface area contributed by atoms with Gasteiger partial charge in [0.1, 0.15) is 5.82 Å². The number of alkyl halides is 3. The average molecular weight is 271 g/mol. The van der Waals surface area contributed by atoms with Crippen LogP contribution in [0.5, 0.6) is 0 Å². The van der Waals surface area contributed by atoms with Crippen LogP contribution in [0.4, 0.5) is 23.2 Å². The topological polar surface area (TPSA) is 46.2 Å². The Hall–Kier alpha value is -1.31. The number of benzene rings is 1. The molecule has 1 N–H and O–H groups in total. The van der Waals surface area contributed by atoms with Gasteiger partial charge in [-0.25, -0.2) is 12.8 Å². The maximum Gasteiger partial charge on any atom is 0.419 e. The molecule has 0 atom stereocenters. The Morgan fingerprint density at radius 2 is 1.88 bits per heavy atom. The molecule has 0 aliphatic carbocycles. The summed E-state index contributed by atoms with van der Waals surface area (Å²) in [6.07, 6.45) is -4.86. The van der Waals surface area contributed by atoms with E-state index in [1.807, 2.05) is 4.72 Å². The standard InChI is InChI=1S/C9H9F4NO2S/c1-2-17(15,16)14-6-3-4-8(10)7(5-6)9(11,12)13/h3-5,14H,2H2,1H3. The SMILES string of the molecule is CCS(=O)(=O)Nc1ccc(F)c(C(F)(F)F)c1. The van der Waals surface area contributed by atoms with Crippen LogP contribution in [0.2, 0.25) is 0 Å². The average Bonchev–Trinajstić information content (AvgIpc) is 2.19. The van der Waals surface area contributed by atoms with Gasteiger partial charge in [-0.3, -0.25) is 4.72 Å². The summed E-state index contributed by atoms with van der Waals surface area (Å²) in [5.41, 5.74) is -1.82. The molecule has 0 aliphatic rings. The second-order valence-corrected chi connectivity index (χ2v) is 5.21. The minimum absolute atomic E-state index is 0.286. The molecule has 1 rings (SSSR count). The molecule has 0 aromatic heterocycles. The fraction of sp³-hybridized carbons (Fsp3) is 0.333. The van der Waals surface area contributed by atoms with Crippen molar-refractivity contribution in [2.75, 3.05) is 10.5 Å². The van der Waals surface area contributed by atoms with Crippen molar-refractivity contribution in [3.8, 4) is 0 Å².